The molecular formula is C7H15ClN2O2. The van der Waals surface area contributed by atoms with Crippen LogP contribution in [0.15, 0.2) is 0 Å². The molecule has 1 aliphatic heterocycles. The third kappa shape index (κ3) is 4.41. The Labute approximate surface area is 78.1 Å². The lowest BCUT2D eigenvalue weighted by molar-refractivity contribution is 0.190. The van der Waals surface area contributed by atoms with Gasteiger partial charge in [-0.25, -0.2) is 4.79 Å². The maximum absolute atomic E-state index is 10.1. The van der Waals surface area contributed by atoms with Crippen molar-refractivity contribution in [2.45, 2.75) is 12.8 Å². The molecule has 0 spiro atoms. The Bertz CT molecular complexity index is 137. The minimum atomic E-state index is -0.913. The number of nitrogens with one attached hydrogen (secondary N) is 2. The lowest BCUT2D eigenvalue weighted by Gasteiger charge is -2.21. The van der Waals surface area contributed by atoms with Gasteiger partial charge >= 0.3 is 6.09 Å². The van der Waals surface area contributed by atoms with Gasteiger partial charge in [0.2, 0.25) is 0 Å². The molecule has 1 heterocycles. The van der Waals surface area contributed by atoms with E-state index in [1.54, 1.807) is 0 Å². The van der Waals surface area contributed by atoms with E-state index in [2.05, 4.69) is 10.6 Å². The number of rotatable bonds is 2. The molecular weight excluding hydrogens is 180 g/mol. The van der Waals surface area contributed by atoms with Gasteiger partial charge in [0.05, 0.1) is 0 Å². The van der Waals surface area contributed by atoms with Crippen molar-refractivity contribution in [3.05, 3.63) is 0 Å². The van der Waals surface area contributed by atoms with E-state index in [1.807, 2.05) is 0 Å². The van der Waals surface area contributed by atoms with Crippen LogP contribution in [-0.4, -0.2) is 30.8 Å². The molecule has 0 atom stereocenters. The summed E-state index contributed by atoms with van der Waals surface area (Å²) in [5.74, 6) is 0.535. The summed E-state index contributed by atoms with van der Waals surface area (Å²) >= 11 is 0. The molecule has 3 N–H and O–H groups in total. The van der Waals surface area contributed by atoms with E-state index in [0.29, 0.717) is 12.5 Å². The monoisotopic (exact) mass is 194 g/mol. The Morgan fingerprint density at radius 3 is 2.58 bits per heavy atom. The summed E-state index contributed by atoms with van der Waals surface area (Å²) in [5, 5.41) is 13.9. The summed E-state index contributed by atoms with van der Waals surface area (Å²) in [4.78, 5) is 10.1. The first-order valence-corrected chi connectivity index (χ1v) is 3.96. The number of hydrogen-bond acceptors (Lipinski definition) is 2. The molecule has 4 nitrogen and oxygen atoms in total. The maximum Gasteiger partial charge on any atom is 0.404 e. The van der Waals surface area contributed by atoms with Gasteiger partial charge in [-0.15, -0.1) is 12.4 Å². The topological polar surface area (TPSA) is 61.4 Å². The summed E-state index contributed by atoms with van der Waals surface area (Å²) in [5.41, 5.74) is 0. The second-order valence-electron chi connectivity index (χ2n) is 2.88. The Morgan fingerprint density at radius 1 is 1.50 bits per heavy atom. The lowest BCUT2D eigenvalue weighted by atomic mass is 9.98. The predicted molar refractivity (Wildman–Crippen MR) is 48.9 cm³/mol. The maximum atomic E-state index is 10.1. The van der Waals surface area contributed by atoms with E-state index in [-0.39, 0.29) is 12.4 Å². The van der Waals surface area contributed by atoms with E-state index < -0.39 is 6.09 Å². The molecule has 0 saturated carbocycles. The number of amides is 1. The van der Waals surface area contributed by atoms with Crippen LogP contribution in [0.2, 0.25) is 0 Å². The second-order valence-corrected chi connectivity index (χ2v) is 2.88. The number of carbonyl (C=O) groups is 1. The number of carboxylic acid groups (broad SMARTS) is 1. The fourth-order valence-electron chi connectivity index (χ4n) is 1.32. The Morgan fingerprint density at radius 2 is 2.08 bits per heavy atom. The first-order valence-electron chi connectivity index (χ1n) is 3.96. The van der Waals surface area contributed by atoms with Crippen molar-refractivity contribution >= 4 is 18.5 Å². The highest BCUT2D eigenvalue weighted by Gasteiger charge is 2.12. The molecule has 0 aromatic rings. The highest BCUT2D eigenvalue weighted by molar-refractivity contribution is 5.85. The largest absolute Gasteiger partial charge is 0.465 e. The molecule has 1 fully saturated rings. The zero-order valence-electron chi connectivity index (χ0n) is 6.88. The quantitative estimate of drug-likeness (QED) is 0.606. The summed E-state index contributed by atoms with van der Waals surface area (Å²) in [6, 6.07) is 0. The fraction of sp³-hybridized carbons (Fsp3) is 0.857. The molecule has 0 aliphatic carbocycles. The minimum absolute atomic E-state index is 0. The van der Waals surface area contributed by atoms with E-state index in [1.165, 1.54) is 0 Å². The van der Waals surface area contributed by atoms with Gasteiger partial charge in [0.15, 0.2) is 0 Å². The van der Waals surface area contributed by atoms with Crippen molar-refractivity contribution in [2.75, 3.05) is 19.6 Å². The predicted octanol–water partition coefficient (Wildman–Crippen LogP) is 0.675. The zero-order valence-corrected chi connectivity index (χ0v) is 7.69. The van der Waals surface area contributed by atoms with Gasteiger partial charge in [0.1, 0.15) is 0 Å². The molecule has 0 aromatic heterocycles. The van der Waals surface area contributed by atoms with Crippen LogP contribution in [0.1, 0.15) is 12.8 Å². The van der Waals surface area contributed by atoms with Crippen molar-refractivity contribution in [1.82, 2.24) is 10.6 Å². The van der Waals surface area contributed by atoms with Crippen molar-refractivity contribution in [3.8, 4) is 0 Å². The average Bonchev–Trinajstić information content (AvgIpc) is 2.03. The number of piperidine rings is 1. The Hall–Kier alpha value is -0.480. The van der Waals surface area contributed by atoms with Crippen molar-refractivity contribution in [3.63, 3.8) is 0 Å². The summed E-state index contributed by atoms with van der Waals surface area (Å²) < 4.78 is 0. The molecule has 12 heavy (non-hydrogen) atoms. The van der Waals surface area contributed by atoms with Gasteiger partial charge in [0.25, 0.3) is 0 Å². The van der Waals surface area contributed by atoms with Gasteiger partial charge in [-0.05, 0) is 31.8 Å². The molecule has 0 bridgehead atoms. The van der Waals surface area contributed by atoms with E-state index in [0.717, 1.165) is 25.9 Å². The lowest BCUT2D eigenvalue weighted by Crippen LogP contribution is -2.35. The molecule has 1 amide bonds. The van der Waals surface area contributed by atoms with Gasteiger partial charge in [-0.2, -0.15) is 0 Å². The standard InChI is InChI=1S/C7H14N2O2.ClH/c10-7(11)9-5-6-1-3-8-4-2-6;/h6,8-9H,1-5H2,(H,10,11);1H. The molecule has 0 radical (unpaired) electrons. The van der Waals surface area contributed by atoms with Crippen molar-refractivity contribution < 1.29 is 9.90 Å². The molecule has 5 heteroatoms. The van der Waals surface area contributed by atoms with Crippen LogP contribution in [0.4, 0.5) is 4.79 Å². The summed E-state index contributed by atoms with van der Waals surface area (Å²) in [6.45, 7) is 2.65. The zero-order chi connectivity index (χ0) is 8.10. The number of halogens is 1. The van der Waals surface area contributed by atoms with Crippen LogP contribution in [0, 0.1) is 5.92 Å². The van der Waals surface area contributed by atoms with Crippen molar-refractivity contribution in [1.29, 1.82) is 0 Å². The van der Waals surface area contributed by atoms with Gasteiger partial charge in [-0.1, -0.05) is 0 Å². The Kier molecular flexibility index (Phi) is 5.84. The molecule has 1 aliphatic rings. The minimum Gasteiger partial charge on any atom is -0.465 e. The second kappa shape index (κ2) is 6.08. The molecule has 1 saturated heterocycles. The normalized spacial score (nSPS) is 18.0. The highest BCUT2D eigenvalue weighted by atomic mass is 35.5. The summed E-state index contributed by atoms with van der Waals surface area (Å²) in [7, 11) is 0. The van der Waals surface area contributed by atoms with Gasteiger partial charge in [0, 0.05) is 6.54 Å². The van der Waals surface area contributed by atoms with Crippen LogP contribution in [0.25, 0.3) is 0 Å². The highest BCUT2D eigenvalue weighted by Crippen LogP contribution is 2.09. The summed E-state index contributed by atoms with van der Waals surface area (Å²) in [6.07, 6.45) is 1.25. The molecule has 1 rings (SSSR count). The van der Waals surface area contributed by atoms with E-state index >= 15 is 0 Å². The van der Waals surface area contributed by atoms with Crippen LogP contribution in [0.3, 0.4) is 0 Å². The van der Waals surface area contributed by atoms with Crippen LogP contribution < -0.4 is 10.6 Å². The van der Waals surface area contributed by atoms with E-state index in [4.69, 9.17) is 5.11 Å². The smallest absolute Gasteiger partial charge is 0.404 e. The van der Waals surface area contributed by atoms with Crippen LogP contribution in [-0.2, 0) is 0 Å². The molecule has 0 aromatic carbocycles. The first kappa shape index (κ1) is 11.5. The number of hydrogen-bond donors (Lipinski definition) is 3. The van der Waals surface area contributed by atoms with Gasteiger partial charge < -0.3 is 15.7 Å². The third-order valence-electron chi connectivity index (χ3n) is 2.00. The third-order valence-corrected chi connectivity index (χ3v) is 2.00. The molecule has 72 valence electrons. The van der Waals surface area contributed by atoms with E-state index in [9.17, 15) is 4.79 Å². The Balaban J connectivity index is 0.00000121. The van der Waals surface area contributed by atoms with Crippen LogP contribution in [0.5, 0.6) is 0 Å². The fourth-order valence-corrected chi connectivity index (χ4v) is 1.32. The van der Waals surface area contributed by atoms with Crippen LogP contribution >= 0.6 is 12.4 Å². The average molecular weight is 195 g/mol. The van der Waals surface area contributed by atoms with Crippen molar-refractivity contribution in [2.24, 2.45) is 5.92 Å². The first-order chi connectivity index (χ1) is 5.29. The van der Waals surface area contributed by atoms with Gasteiger partial charge in [-0.3, -0.25) is 0 Å². The SMILES string of the molecule is Cl.O=C(O)NCC1CCNCC1. The molecule has 0 unspecified atom stereocenters.